The Morgan fingerprint density at radius 2 is 1.36 bits per heavy atom. The summed E-state index contributed by atoms with van der Waals surface area (Å²) in [6, 6.07) is 0. The van der Waals surface area contributed by atoms with Gasteiger partial charge in [-0.2, -0.15) is 0 Å². The van der Waals surface area contributed by atoms with Crippen LogP contribution in [0.3, 0.4) is 0 Å². The summed E-state index contributed by atoms with van der Waals surface area (Å²) in [6.07, 6.45) is 6.56. The summed E-state index contributed by atoms with van der Waals surface area (Å²) >= 11 is 0. The summed E-state index contributed by atoms with van der Waals surface area (Å²) in [5.41, 5.74) is 2.98. The third kappa shape index (κ3) is 1.50. The Bertz CT molecular complexity index is 156. The minimum Gasteiger partial charge on any atom is -0.387 e. The van der Waals surface area contributed by atoms with Crippen molar-refractivity contribution in [3.8, 4) is 0 Å². The van der Waals surface area contributed by atoms with Gasteiger partial charge in [-0.3, -0.25) is 0 Å². The molecule has 2 N–H and O–H groups in total. The summed E-state index contributed by atoms with van der Waals surface area (Å²) in [5, 5.41) is 6.92. The van der Waals surface area contributed by atoms with Crippen LogP contribution in [-0.2, 0) is 0 Å². The SMILES string of the molecule is C1CCC(=C2CCCN2)NC1. The maximum Gasteiger partial charge on any atom is 0.0300 e. The predicted molar refractivity (Wildman–Crippen MR) is 46.1 cm³/mol. The number of piperidine rings is 1. The minimum absolute atomic E-state index is 1.18. The molecule has 2 aliphatic heterocycles. The number of nitrogens with one attached hydrogen (secondary N) is 2. The Balaban J connectivity index is 2.03. The molecule has 0 aromatic rings. The van der Waals surface area contributed by atoms with Crippen molar-refractivity contribution in [2.24, 2.45) is 0 Å². The number of hydrogen-bond acceptors (Lipinski definition) is 2. The second kappa shape index (κ2) is 3.16. The first-order valence-corrected chi connectivity index (χ1v) is 4.66. The smallest absolute Gasteiger partial charge is 0.0300 e. The van der Waals surface area contributed by atoms with Gasteiger partial charge in [0.25, 0.3) is 0 Å². The van der Waals surface area contributed by atoms with Crippen LogP contribution < -0.4 is 10.6 Å². The monoisotopic (exact) mass is 152 g/mol. The molecule has 2 saturated heterocycles. The Hall–Kier alpha value is -0.660. The topological polar surface area (TPSA) is 24.1 Å². The highest BCUT2D eigenvalue weighted by Gasteiger charge is 2.13. The van der Waals surface area contributed by atoms with Crippen molar-refractivity contribution in [2.75, 3.05) is 13.1 Å². The van der Waals surface area contributed by atoms with Crippen LogP contribution in [-0.4, -0.2) is 13.1 Å². The van der Waals surface area contributed by atoms with E-state index in [-0.39, 0.29) is 0 Å². The normalized spacial score (nSPS) is 31.3. The first-order chi connectivity index (χ1) is 5.47. The Labute approximate surface area is 68.1 Å². The fourth-order valence-electron chi connectivity index (χ4n) is 1.86. The average molecular weight is 152 g/mol. The second-order valence-electron chi connectivity index (χ2n) is 3.37. The van der Waals surface area contributed by atoms with Gasteiger partial charge in [0.2, 0.25) is 0 Å². The van der Waals surface area contributed by atoms with Gasteiger partial charge in [-0.1, -0.05) is 0 Å². The molecule has 0 aliphatic carbocycles. The van der Waals surface area contributed by atoms with Crippen LogP contribution in [0.1, 0.15) is 32.1 Å². The highest BCUT2D eigenvalue weighted by molar-refractivity contribution is 5.14. The fourth-order valence-corrected chi connectivity index (χ4v) is 1.86. The Morgan fingerprint density at radius 3 is 1.91 bits per heavy atom. The molecule has 0 atom stereocenters. The maximum atomic E-state index is 3.48. The first-order valence-electron chi connectivity index (χ1n) is 4.66. The zero-order valence-corrected chi connectivity index (χ0v) is 6.95. The zero-order valence-electron chi connectivity index (χ0n) is 6.95. The molecule has 62 valence electrons. The van der Waals surface area contributed by atoms with Crippen molar-refractivity contribution in [1.29, 1.82) is 0 Å². The summed E-state index contributed by atoms with van der Waals surface area (Å²) in [7, 11) is 0. The second-order valence-corrected chi connectivity index (χ2v) is 3.37. The van der Waals surface area contributed by atoms with Crippen LogP contribution >= 0.6 is 0 Å². The lowest BCUT2D eigenvalue weighted by Gasteiger charge is -2.19. The lowest BCUT2D eigenvalue weighted by molar-refractivity contribution is 0.575. The molecule has 0 amide bonds. The van der Waals surface area contributed by atoms with E-state index >= 15 is 0 Å². The van der Waals surface area contributed by atoms with Crippen molar-refractivity contribution in [2.45, 2.75) is 32.1 Å². The summed E-state index contributed by atoms with van der Waals surface area (Å²) in [6.45, 7) is 2.36. The maximum absolute atomic E-state index is 3.48. The van der Waals surface area contributed by atoms with E-state index in [1.807, 2.05) is 0 Å². The first kappa shape index (κ1) is 7.01. The Morgan fingerprint density at radius 1 is 0.727 bits per heavy atom. The van der Waals surface area contributed by atoms with Gasteiger partial charge in [-0.25, -0.2) is 0 Å². The molecule has 0 aromatic carbocycles. The van der Waals surface area contributed by atoms with Gasteiger partial charge < -0.3 is 10.6 Å². The number of rotatable bonds is 0. The van der Waals surface area contributed by atoms with Crippen LogP contribution in [0.25, 0.3) is 0 Å². The molecule has 11 heavy (non-hydrogen) atoms. The number of allylic oxidation sites excluding steroid dienone is 2. The van der Waals surface area contributed by atoms with Crippen molar-refractivity contribution in [3.05, 3.63) is 11.4 Å². The van der Waals surface area contributed by atoms with Gasteiger partial charge in [0.05, 0.1) is 0 Å². The van der Waals surface area contributed by atoms with Gasteiger partial charge in [0.15, 0.2) is 0 Å². The molecule has 0 aromatic heterocycles. The number of hydrogen-bond donors (Lipinski definition) is 2. The van der Waals surface area contributed by atoms with Crippen LogP contribution in [0.15, 0.2) is 11.4 Å². The molecule has 2 fully saturated rings. The van der Waals surface area contributed by atoms with E-state index in [1.54, 1.807) is 0 Å². The zero-order chi connectivity index (χ0) is 7.52. The van der Waals surface area contributed by atoms with Gasteiger partial charge >= 0.3 is 0 Å². The van der Waals surface area contributed by atoms with E-state index in [0.29, 0.717) is 0 Å². The summed E-state index contributed by atoms with van der Waals surface area (Å²) < 4.78 is 0. The largest absolute Gasteiger partial charge is 0.387 e. The lowest BCUT2D eigenvalue weighted by Crippen LogP contribution is -2.24. The molecule has 0 spiro atoms. The van der Waals surface area contributed by atoms with Gasteiger partial charge in [0, 0.05) is 24.5 Å². The molecule has 2 heterocycles. The molecular formula is C9H16N2. The lowest BCUT2D eigenvalue weighted by atomic mass is 10.1. The molecule has 2 heteroatoms. The molecule has 0 unspecified atom stereocenters. The van der Waals surface area contributed by atoms with Crippen molar-refractivity contribution in [1.82, 2.24) is 10.6 Å². The highest BCUT2D eigenvalue weighted by atomic mass is 15.0. The van der Waals surface area contributed by atoms with E-state index in [0.717, 1.165) is 0 Å². The quantitative estimate of drug-likeness (QED) is 0.547. The van der Waals surface area contributed by atoms with Crippen molar-refractivity contribution < 1.29 is 0 Å². The van der Waals surface area contributed by atoms with Gasteiger partial charge in [-0.05, 0) is 32.1 Å². The van der Waals surface area contributed by atoms with Crippen LogP contribution in [0, 0.1) is 0 Å². The molecule has 0 radical (unpaired) electrons. The average Bonchev–Trinajstić information content (AvgIpc) is 2.58. The third-order valence-corrected chi connectivity index (χ3v) is 2.50. The molecular weight excluding hydrogens is 136 g/mol. The molecule has 2 aliphatic rings. The minimum atomic E-state index is 1.18. The predicted octanol–water partition coefficient (Wildman–Crippen LogP) is 1.35. The van der Waals surface area contributed by atoms with E-state index in [2.05, 4.69) is 10.6 Å². The fraction of sp³-hybridized carbons (Fsp3) is 0.778. The molecule has 0 saturated carbocycles. The van der Waals surface area contributed by atoms with Crippen LogP contribution in [0.4, 0.5) is 0 Å². The molecule has 2 nitrogen and oxygen atoms in total. The molecule has 2 rings (SSSR count). The highest BCUT2D eigenvalue weighted by Crippen LogP contribution is 2.19. The molecule has 0 bridgehead atoms. The van der Waals surface area contributed by atoms with E-state index in [9.17, 15) is 0 Å². The van der Waals surface area contributed by atoms with Crippen molar-refractivity contribution >= 4 is 0 Å². The van der Waals surface area contributed by atoms with Gasteiger partial charge in [0.1, 0.15) is 0 Å². The van der Waals surface area contributed by atoms with Crippen LogP contribution in [0.2, 0.25) is 0 Å². The Kier molecular flexibility index (Phi) is 2.01. The standard InChI is InChI=1S/C9H16N2/c1-2-6-10-8(4-1)9-5-3-7-11-9/h10-11H,1-7H2. The summed E-state index contributed by atoms with van der Waals surface area (Å²) in [4.78, 5) is 0. The van der Waals surface area contributed by atoms with E-state index in [1.165, 1.54) is 56.6 Å². The third-order valence-electron chi connectivity index (χ3n) is 2.50. The van der Waals surface area contributed by atoms with Crippen LogP contribution in [0.5, 0.6) is 0 Å². The van der Waals surface area contributed by atoms with E-state index in [4.69, 9.17) is 0 Å². The van der Waals surface area contributed by atoms with E-state index < -0.39 is 0 Å². The van der Waals surface area contributed by atoms with Gasteiger partial charge in [-0.15, -0.1) is 0 Å². The van der Waals surface area contributed by atoms with Crippen molar-refractivity contribution in [3.63, 3.8) is 0 Å². The summed E-state index contributed by atoms with van der Waals surface area (Å²) in [5.74, 6) is 0.